The van der Waals surface area contributed by atoms with Crippen molar-refractivity contribution in [2.45, 2.75) is 76.5 Å². The Morgan fingerprint density at radius 1 is 1.33 bits per heavy atom. The second kappa shape index (κ2) is 5.48. The molecule has 1 aliphatic heterocycles. The Hall–Kier alpha value is -0.120. The molecule has 1 saturated carbocycles. The zero-order chi connectivity index (χ0) is 13.2. The number of ether oxygens (including phenoxy) is 1. The lowest BCUT2D eigenvalue weighted by atomic mass is 9.77. The average molecular weight is 254 g/mol. The molecule has 2 fully saturated rings. The predicted molar refractivity (Wildman–Crippen MR) is 75.7 cm³/mol. The summed E-state index contributed by atoms with van der Waals surface area (Å²) >= 11 is 0. The van der Waals surface area contributed by atoms with Gasteiger partial charge >= 0.3 is 0 Å². The molecule has 1 aliphatic carbocycles. The minimum Gasteiger partial charge on any atom is -0.375 e. The van der Waals surface area contributed by atoms with Gasteiger partial charge in [-0.3, -0.25) is 4.90 Å². The van der Waals surface area contributed by atoms with Crippen LogP contribution in [0.2, 0.25) is 0 Å². The Morgan fingerprint density at radius 2 is 2.06 bits per heavy atom. The van der Waals surface area contributed by atoms with E-state index in [4.69, 9.17) is 10.5 Å². The van der Waals surface area contributed by atoms with Gasteiger partial charge in [0.1, 0.15) is 0 Å². The Morgan fingerprint density at radius 3 is 2.56 bits per heavy atom. The summed E-state index contributed by atoms with van der Waals surface area (Å²) in [6, 6.07) is 0.799. The molecule has 0 radical (unpaired) electrons. The molecule has 2 unspecified atom stereocenters. The van der Waals surface area contributed by atoms with Gasteiger partial charge in [0.15, 0.2) is 0 Å². The van der Waals surface area contributed by atoms with E-state index in [1.54, 1.807) is 0 Å². The molecule has 3 nitrogen and oxygen atoms in total. The van der Waals surface area contributed by atoms with E-state index in [0.29, 0.717) is 0 Å². The zero-order valence-electron chi connectivity index (χ0n) is 12.4. The van der Waals surface area contributed by atoms with Gasteiger partial charge in [0.2, 0.25) is 0 Å². The van der Waals surface area contributed by atoms with Crippen molar-refractivity contribution in [2.75, 3.05) is 19.7 Å². The molecule has 18 heavy (non-hydrogen) atoms. The molecule has 2 aliphatic rings. The van der Waals surface area contributed by atoms with Crippen LogP contribution in [0.25, 0.3) is 0 Å². The van der Waals surface area contributed by atoms with Crippen molar-refractivity contribution >= 4 is 0 Å². The molecule has 0 amide bonds. The molecule has 0 spiro atoms. The number of hydrogen-bond acceptors (Lipinski definition) is 3. The Labute approximate surface area is 112 Å². The van der Waals surface area contributed by atoms with Crippen molar-refractivity contribution in [2.24, 2.45) is 5.73 Å². The largest absolute Gasteiger partial charge is 0.375 e. The minimum atomic E-state index is 0.0263. The summed E-state index contributed by atoms with van der Waals surface area (Å²) in [6.45, 7) is 9.61. The van der Waals surface area contributed by atoms with Crippen molar-refractivity contribution in [1.29, 1.82) is 0 Å². The van der Waals surface area contributed by atoms with E-state index in [0.717, 1.165) is 38.5 Å². The van der Waals surface area contributed by atoms with E-state index in [1.165, 1.54) is 25.8 Å². The van der Waals surface area contributed by atoms with Crippen molar-refractivity contribution in [3.63, 3.8) is 0 Å². The SMILES string of the molecule is CCCN(C1CC1)C1(CN)CCOC(C)(CC)C1. The van der Waals surface area contributed by atoms with Gasteiger partial charge in [0.25, 0.3) is 0 Å². The van der Waals surface area contributed by atoms with Gasteiger partial charge in [-0.1, -0.05) is 13.8 Å². The van der Waals surface area contributed by atoms with Gasteiger partial charge in [-0.2, -0.15) is 0 Å². The standard InChI is InChI=1S/C15H30N2O/c1-4-9-17(13-6-7-13)15(12-16)8-10-18-14(3,5-2)11-15/h13H,4-12,16H2,1-3H3. The van der Waals surface area contributed by atoms with E-state index in [1.807, 2.05) is 0 Å². The first-order valence-electron chi connectivity index (χ1n) is 7.70. The number of nitrogens with zero attached hydrogens (tertiary/aromatic N) is 1. The third-order valence-electron chi connectivity index (χ3n) is 4.91. The Balaban J connectivity index is 2.16. The molecule has 1 saturated heterocycles. The summed E-state index contributed by atoms with van der Waals surface area (Å²) in [5.41, 5.74) is 6.43. The van der Waals surface area contributed by atoms with Crippen LogP contribution < -0.4 is 5.73 Å². The molecule has 0 aromatic rings. The van der Waals surface area contributed by atoms with Gasteiger partial charge in [-0.25, -0.2) is 0 Å². The van der Waals surface area contributed by atoms with Crippen LogP contribution in [0.4, 0.5) is 0 Å². The van der Waals surface area contributed by atoms with Crippen molar-refractivity contribution < 1.29 is 4.74 Å². The van der Waals surface area contributed by atoms with Gasteiger partial charge in [-0.05, 0) is 52.0 Å². The first kappa shape index (κ1) is 14.3. The summed E-state index contributed by atoms with van der Waals surface area (Å²) < 4.78 is 6.02. The van der Waals surface area contributed by atoms with Crippen LogP contribution >= 0.6 is 0 Å². The average Bonchev–Trinajstić information content (AvgIpc) is 3.20. The maximum absolute atomic E-state index is 6.21. The maximum atomic E-state index is 6.21. The summed E-state index contributed by atoms with van der Waals surface area (Å²) in [5.74, 6) is 0. The topological polar surface area (TPSA) is 38.5 Å². The fourth-order valence-electron chi connectivity index (χ4n) is 3.52. The molecule has 0 aromatic carbocycles. The third-order valence-corrected chi connectivity index (χ3v) is 4.91. The molecule has 106 valence electrons. The molecule has 1 heterocycles. The first-order valence-corrected chi connectivity index (χ1v) is 7.70. The second-order valence-electron chi connectivity index (χ2n) is 6.43. The maximum Gasteiger partial charge on any atom is 0.0670 e. The molecule has 2 rings (SSSR count). The van der Waals surface area contributed by atoms with E-state index in [9.17, 15) is 0 Å². The highest BCUT2D eigenvalue weighted by Crippen LogP contribution is 2.42. The van der Waals surface area contributed by atoms with Gasteiger partial charge in [0, 0.05) is 24.7 Å². The highest BCUT2D eigenvalue weighted by molar-refractivity contribution is 5.04. The molecular formula is C15H30N2O. The molecule has 0 bridgehead atoms. The van der Waals surface area contributed by atoms with E-state index in [2.05, 4.69) is 25.7 Å². The fraction of sp³-hybridized carbons (Fsp3) is 1.00. The smallest absolute Gasteiger partial charge is 0.0670 e. The quantitative estimate of drug-likeness (QED) is 0.791. The molecule has 2 N–H and O–H groups in total. The van der Waals surface area contributed by atoms with E-state index < -0.39 is 0 Å². The predicted octanol–water partition coefficient (Wildman–Crippen LogP) is 2.54. The van der Waals surface area contributed by atoms with Crippen LogP contribution in [0.5, 0.6) is 0 Å². The van der Waals surface area contributed by atoms with Crippen LogP contribution in [0.15, 0.2) is 0 Å². The van der Waals surface area contributed by atoms with Crippen molar-refractivity contribution in [3.05, 3.63) is 0 Å². The Kier molecular flexibility index (Phi) is 4.35. The van der Waals surface area contributed by atoms with Crippen molar-refractivity contribution in [1.82, 2.24) is 4.90 Å². The van der Waals surface area contributed by atoms with E-state index in [-0.39, 0.29) is 11.1 Å². The molecule has 2 atom stereocenters. The second-order valence-corrected chi connectivity index (χ2v) is 6.43. The lowest BCUT2D eigenvalue weighted by molar-refractivity contribution is -0.131. The van der Waals surface area contributed by atoms with Gasteiger partial charge in [0.05, 0.1) is 5.60 Å². The lowest BCUT2D eigenvalue weighted by Gasteiger charge is -2.52. The third kappa shape index (κ3) is 2.73. The number of nitrogens with two attached hydrogens (primary N) is 1. The fourth-order valence-corrected chi connectivity index (χ4v) is 3.52. The van der Waals surface area contributed by atoms with Gasteiger partial charge in [-0.15, -0.1) is 0 Å². The van der Waals surface area contributed by atoms with Crippen LogP contribution in [0, 0.1) is 0 Å². The van der Waals surface area contributed by atoms with Crippen LogP contribution in [-0.2, 0) is 4.74 Å². The van der Waals surface area contributed by atoms with Crippen LogP contribution in [-0.4, -0.2) is 41.8 Å². The minimum absolute atomic E-state index is 0.0263. The monoisotopic (exact) mass is 254 g/mol. The molecular weight excluding hydrogens is 224 g/mol. The summed E-state index contributed by atoms with van der Waals surface area (Å²) in [4.78, 5) is 2.73. The molecule has 3 heteroatoms. The first-order chi connectivity index (χ1) is 8.59. The summed E-state index contributed by atoms with van der Waals surface area (Å²) in [6.07, 6.45) is 7.25. The van der Waals surface area contributed by atoms with E-state index >= 15 is 0 Å². The van der Waals surface area contributed by atoms with Crippen LogP contribution in [0.1, 0.15) is 59.3 Å². The summed E-state index contributed by atoms with van der Waals surface area (Å²) in [7, 11) is 0. The molecule has 0 aromatic heterocycles. The lowest BCUT2D eigenvalue weighted by Crippen LogP contribution is -2.61. The van der Waals surface area contributed by atoms with Gasteiger partial charge < -0.3 is 10.5 Å². The summed E-state index contributed by atoms with van der Waals surface area (Å²) in [5, 5.41) is 0. The van der Waals surface area contributed by atoms with Crippen LogP contribution in [0.3, 0.4) is 0 Å². The zero-order valence-corrected chi connectivity index (χ0v) is 12.4. The van der Waals surface area contributed by atoms with Crippen molar-refractivity contribution in [3.8, 4) is 0 Å². The normalized spacial score (nSPS) is 37.2. The Bertz CT molecular complexity index is 280. The number of hydrogen-bond donors (Lipinski definition) is 1. The highest BCUT2D eigenvalue weighted by Gasteiger charge is 2.48. The highest BCUT2D eigenvalue weighted by atomic mass is 16.5. The number of rotatable bonds is 6.